The average molecular weight is 285 g/mol. The van der Waals surface area contributed by atoms with Crippen molar-refractivity contribution in [3.63, 3.8) is 0 Å². The van der Waals surface area contributed by atoms with E-state index in [0.717, 1.165) is 18.1 Å². The van der Waals surface area contributed by atoms with E-state index in [4.69, 9.17) is 10.5 Å². The van der Waals surface area contributed by atoms with Crippen LogP contribution in [0.25, 0.3) is 10.8 Å². The molecule has 1 aromatic carbocycles. The SMILES string of the molecule is COc1ccc2c(N(CCN)C3CCCC3)nccc2c1. The Labute approximate surface area is 125 Å². The number of ether oxygens (including phenoxy) is 1. The highest BCUT2D eigenvalue weighted by Gasteiger charge is 2.24. The van der Waals surface area contributed by atoms with Gasteiger partial charge in [-0.2, -0.15) is 0 Å². The molecule has 0 radical (unpaired) electrons. The lowest BCUT2D eigenvalue weighted by Crippen LogP contribution is -2.38. The molecular formula is C17H23N3O. The highest BCUT2D eigenvalue weighted by Crippen LogP contribution is 2.32. The molecule has 0 saturated heterocycles. The summed E-state index contributed by atoms with van der Waals surface area (Å²) in [6, 6.07) is 8.79. The van der Waals surface area contributed by atoms with Gasteiger partial charge in [-0.3, -0.25) is 0 Å². The van der Waals surface area contributed by atoms with Crippen LogP contribution < -0.4 is 15.4 Å². The predicted molar refractivity (Wildman–Crippen MR) is 87.0 cm³/mol. The molecule has 1 saturated carbocycles. The van der Waals surface area contributed by atoms with Crippen molar-refractivity contribution in [3.8, 4) is 5.75 Å². The first-order chi connectivity index (χ1) is 10.3. The summed E-state index contributed by atoms with van der Waals surface area (Å²) in [6.07, 6.45) is 6.99. The topological polar surface area (TPSA) is 51.4 Å². The van der Waals surface area contributed by atoms with Gasteiger partial charge in [-0.25, -0.2) is 4.98 Å². The first-order valence-electron chi connectivity index (χ1n) is 7.73. The second kappa shape index (κ2) is 6.31. The average Bonchev–Trinajstić information content (AvgIpc) is 3.05. The van der Waals surface area contributed by atoms with Crippen LogP contribution in [0.2, 0.25) is 0 Å². The van der Waals surface area contributed by atoms with Gasteiger partial charge in [0.25, 0.3) is 0 Å². The zero-order valence-electron chi connectivity index (χ0n) is 12.6. The van der Waals surface area contributed by atoms with Gasteiger partial charge in [-0.05, 0) is 42.5 Å². The number of pyridine rings is 1. The van der Waals surface area contributed by atoms with Crippen molar-refractivity contribution >= 4 is 16.6 Å². The Morgan fingerprint density at radius 3 is 2.81 bits per heavy atom. The summed E-state index contributed by atoms with van der Waals surface area (Å²) in [5.41, 5.74) is 5.83. The molecule has 1 aromatic heterocycles. The summed E-state index contributed by atoms with van der Waals surface area (Å²) in [6.45, 7) is 1.52. The van der Waals surface area contributed by atoms with E-state index in [1.807, 2.05) is 18.3 Å². The predicted octanol–water partition coefficient (Wildman–Crippen LogP) is 2.95. The van der Waals surface area contributed by atoms with Crippen molar-refractivity contribution in [2.45, 2.75) is 31.7 Å². The summed E-state index contributed by atoms with van der Waals surface area (Å²) in [5.74, 6) is 1.94. The van der Waals surface area contributed by atoms with Gasteiger partial charge in [0.1, 0.15) is 11.6 Å². The number of nitrogens with two attached hydrogens (primary N) is 1. The van der Waals surface area contributed by atoms with Gasteiger partial charge in [0.2, 0.25) is 0 Å². The minimum Gasteiger partial charge on any atom is -0.497 e. The molecule has 0 atom stereocenters. The maximum absolute atomic E-state index is 5.83. The quantitative estimate of drug-likeness (QED) is 0.917. The van der Waals surface area contributed by atoms with Gasteiger partial charge in [0.15, 0.2) is 0 Å². The molecule has 1 aliphatic carbocycles. The van der Waals surface area contributed by atoms with Crippen molar-refractivity contribution < 1.29 is 4.74 Å². The van der Waals surface area contributed by atoms with Crippen molar-refractivity contribution in [1.29, 1.82) is 0 Å². The number of aromatic nitrogens is 1. The third kappa shape index (κ3) is 2.81. The molecule has 1 heterocycles. The Morgan fingerprint density at radius 1 is 1.29 bits per heavy atom. The molecule has 2 aromatic rings. The Bertz CT molecular complexity index is 608. The zero-order valence-corrected chi connectivity index (χ0v) is 12.6. The van der Waals surface area contributed by atoms with Crippen molar-refractivity contribution in [1.82, 2.24) is 4.98 Å². The van der Waals surface area contributed by atoms with Crippen LogP contribution in [-0.4, -0.2) is 31.2 Å². The first kappa shape index (κ1) is 14.1. The van der Waals surface area contributed by atoms with Gasteiger partial charge in [0.05, 0.1) is 7.11 Å². The van der Waals surface area contributed by atoms with E-state index in [2.05, 4.69) is 22.0 Å². The molecule has 0 bridgehead atoms. The van der Waals surface area contributed by atoms with Gasteiger partial charge in [0, 0.05) is 30.7 Å². The maximum Gasteiger partial charge on any atom is 0.136 e. The molecule has 112 valence electrons. The highest BCUT2D eigenvalue weighted by atomic mass is 16.5. The van der Waals surface area contributed by atoms with Crippen molar-refractivity contribution in [2.75, 3.05) is 25.1 Å². The van der Waals surface area contributed by atoms with E-state index < -0.39 is 0 Å². The summed E-state index contributed by atoms with van der Waals surface area (Å²) < 4.78 is 5.32. The molecule has 0 amide bonds. The lowest BCUT2D eigenvalue weighted by molar-refractivity contribution is 0.415. The fraction of sp³-hybridized carbons (Fsp3) is 0.471. The Morgan fingerprint density at radius 2 is 2.10 bits per heavy atom. The normalized spacial score (nSPS) is 15.5. The van der Waals surface area contributed by atoms with E-state index in [1.54, 1.807) is 7.11 Å². The Hall–Kier alpha value is -1.81. The number of rotatable bonds is 5. The molecule has 3 rings (SSSR count). The second-order valence-corrected chi connectivity index (χ2v) is 5.64. The highest BCUT2D eigenvalue weighted by molar-refractivity contribution is 5.93. The smallest absolute Gasteiger partial charge is 0.136 e. The lowest BCUT2D eigenvalue weighted by atomic mass is 10.1. The largest absolute Gasteiger partial charge is 0.497 e. The van der Waals surface area contributed by atoms with Crippen LogP contribution in [0.4, 0.5) is 5.82 Å². The molecule has 1 aliphatic rings. The molecule has 4 heteroatoms. The van der Waals surface area contributed by atoms with Crippen LogP contribution in [0.15, 0.2) is 30.5 Å². The first-order valence-corrected chi connectivity index (χ1v) is 7.73. The van der Waals surface area contributed by atoms with Gasteiger partial charge < -0.3 is 15.4 Å². The van der Waals surface area contributed by atoms with Gasteiger partial charge >= 0.3 is 0 Å². The summed E-state index contributed by atoms with van der Waals surface area (Å²) in [5, 5.41) is 2.35. The zero-order chi connectivity index (χ0) is 14.7. The van der Waals surface area contributed by atoms with E-state index >= 15 is 0 Å². The van der Waals surface area contributed by atoms with Crippen LogP contribution in [0.1, 0.15) is 25.7 Å². The second-order valence-electron chi connectivity index (χ2n) is 5.64. The number of fused-ring (bicyclic) bond motifs is 1. The van der Waals surface area contributed by atoms with E-state index in [0.29, 0.717) is 12.6 Å². The third-order valence-electron chi connectivity index (χ3n) is 4.36. The van der Waals surface area contributed by atoms with E-state index in [1.165, 1.54) is 36.5 Å². The minimum atomic E-state index is 0.578. The Balaban J connectivity index is 2.04. The molecule has 2 N–H and O–H groups in total. The number of hydrogen-bond donors (Lipinski definition) is 1. The fourth-order valence-electron chi connectivity index (χ4n) is 3.31. The number of methoxy groups -OCH3 is 1. The lowest BCUT2D eigenvalue weighted by Gasteiger charge is -2.30. The summed E-state index contributed by atoms with van der Waals surface area (Å²) in [4.78, 5) is 7.06. The van der Waals surface area contributed by atoms with E-state index in [-0.39, 0.29) is 0 Å². The molecular weight excluding hydrogens is 262 g/mol. The van der Waals surface area contributed by atoms with Gasteiger partial charge in [-0.1, -0.05) is 12.8 Å². The van der Waals surface area contributed by atoms with Crippen LogP contribution >= 0.6 is 0 Å². The fourth-order valence-corrected chi connectivity index (χ4v) is 3.31. The Kier molecular flexibility index (Phi) is 4.25. The number of hydrogen-bond acceptors (Lipinski definition) is 4. The number of anilines is 1. The molecule has 21 heavy (non-hydrogen) atoms. The number of nitrogens with zero attached hydrogens (tertiary/aromatic N) is 2. The number of benzene rings is 1. The van der Waals surface area contributed by atoms with Crippen LogP contribution in [0.5, 0.6) is 5.75 Å². The summed E-state index contributed by atoms with van der Waals surface area (Å²) in [7, 11) is 1.70. The van der Waals surface area contributed by atoms with Crippen LogP contribution in [0, 0.1) is 0 Å². The molecule has 0 unspecified atom stereocenters. The standard InChI is InChI=1S/C17H23N3O/c1-21-15-6-7-16-13(12-15)8-10-19-17(16)20(11-9-18)14-4-2-3-5-14/h6-8,10,12,14H,2-5,9,11,18H2,1H3. The molecule has 4 nitrogen and oxygen atoms in total. The van der Waals surface area contributed by atoms with Crippen LogP contribution in [-0.2, 0) is 0 Å². The molecule has 0 spiro atoms. The molecule has 0 aliphatic heterocycles. The maximum atomic E-state index is 5.83. The monoisotopic (exact) mass is 285 g/mol. The minimum absolute atomic E-state index is 0.578. The van der Waals surface area contributed by atoms with Crippen molar-refractivity contribution in [2.24, 2.45) is 5.73 Å². The molecule has 1 fully saturated rings. The van der Waals surface area contributed by atoms with Gasteiger partial charge in [-0.15, -0.1) is 0 Å². The van der Waals surface area contributed by atoms with E-state index in [9.17, 15) is 0 Å². The summed E-state index contributed by atoms with van der Waals surface area (Å²) >= 11 is 0. The van der Waals surface area contributed by atoms with Crippen molar-refractivity contribution in [3.05, 3.63) is 30.5 Å². The third-order valence-corrected chi connectivity index (χ3v) is 4.36. The van der Waals surface area contributed by atoms with Crippen LogP contribution in [0.3, 0.4) is 0 Å².